The van der Waals surface area contributed by atoms with E-state index in [-0.39, 0.29) is 0 Å². The fourth-order valence-electron chi connectivity index (χ4n) is 1.58. The summed E-state index contributed by atoms with van der Waals surface area (Å²) in [6.45, 7) is 0. The van der Waals surface area contributed by atoms with Crippen LogP contribution in [0.5, 0.6) is 0 Å². The third kappa shape index (κ3) is 1.25. The van der Waals surface area contributed by atoms with E-state index in [0.29, 0.717) is 6.04 Å². The first-order valence-electron chi connectivity index (χ1n) is 3.97. The number of hydrogen-bond acceptors (Lipinski definition) is 1. The first-order chi connectivity index (χ1) is 5.38. The van der Waals surface area contributed by atoms with Crippen molar-refractivity contribution in [3.05, 3.63) is 22.8 Å². The minimum Gasteiger partial charge on any atom is -0.285 e. The molecule has 0 aromatic rings. The third-order valence-electron chi connectivity index (χ3n) is 2.17. The lowest BCUT2D eigenvalue weighted by molar-refractivity contribution is 0.625. The average Bonchev–Trinajstić information content (AvgIpc) is 2.06. The van der Waals surface area contributed by atoms with Gasteiger partial charge in [-0.2, -0.15) is 0 Å². The SMILES string of the molecule is ClC1=CC=NC2CCCC=C12. The van der Waals surface area contributed by atoms with E-state index in [4.69, 9.17) is 11.6 Å². The second kappa shape index (κ2) is 2.82. The molecule has 1 nitrogen and oxygen atoms in total. The van der Waals surface area contributed by atoms with Crippen molar-refractivity contribution in [3.63, 3.8) is 0 Å². The van der Waals surface area contributed by atoms with Crippen molar-refractivity contribution in [3.8, 4) is 0 Å². The molecule has 1 unspecified atom stereocenters. The number of halogens is 1. The molecular weight excluding hydrogens is 158 g/mol. The summed E-state index contributed by atoms with van der Waals surface area (Å²) in [5.74, 6) is 0. The average molecular weight is 168 g/mol. The zero-order valence-corrected chi connectivity index (χ0v) is 7.01. The molecule has 0 N–H and O–H groups in total. The van der Waals surface area contributed by atoms with Crippen LogP contribution in [-0.4, -0.2) is 12.3 Å². The van der Waals surface area contributed by atoms with E-state index in [1.54, 1.807) is 0 Å². The van der Waals surface area contributed by atoms with E-state index in [9.17, 15) is 0 Å². The summed E-state index contributed by atoms with van der Waals surface area (Å²) in [5.41, 5.74) is 1.24. The summed E-state index contributed by atoms with van der Waals surface area (Å²) >= 11 is 5.99. The lowest BCUT2D eigenvalue weighted by Crippen LogP contribution is -2.15. The van der Waals surface area contributed by atoms with Gasteiger partial charge in [-0.05, 0) is 30.9 Å². The molecule has 0 saturated heterocycles. The predicted molar refractivity (Wildman–Crippen MR) is 48.2 cm³/mol. The molecule has 1 aliphatic heterocycles. The van der Waals surface area contributed by atoms with Crippen LogP contribution in [0.15, 0.2) is 27.7 Å². The number of nitrogens with zero attached hydrogens (tertiary/aromatic N) is 1. The molecule has 0 radical (unpaired) electrons. The molecule has 0 amide bonds. The molecule has 1 aliphatic carbocycles. The minimum absolute atomic E-state index is 0.362. The van der Waals surface area contributed by atoms with Gasteiger partial charge in [-0.25, -0.2) is 0 Å². The fourth-order valence-corrected chi connectivity index (χ4v) is 1.84. The van der Waals surface area contributed by atoms with Crippen molar-refractivity contribution >= 4 is 17.8 Å². The molecular formula is C9H10ClN. The summed E-state index contributed by atoms with van der Waals surface area (Å²) < 4.78 is 0. The highest BCUT2D eigenvalue weighted by Crippen LogP contribution is 2.30. The molecule has 0 aromatic carbocycles. The Morgan fingerprint density at radius 1 is 1.55 bits per heavy atom. The van der Waals surface area contributed by atoms with Crippen LogP contribution < -0.4 is 0 Å². The molecule has 1 heterocycles. The third-order valence-corrected chi connectivity index (χ3v) is 2.51. The van der Waals surface area contributed by atoms with Crippen molar-refractivity contribution in [1.29, 1.82) is 0 Å². The largest absolute Gasteiger partial charge is 0.285 e. The van der Waals surface area contributed by atoms with Gasteiger partial charge in [0.05, 0.1) is 6.04 Å². The number of hydrogen-bond donors (Lipinski definition) is 0. The van der Waals surface area contributed by atoms with E-state index in [2.05, 4.69) is 11.1 Å². The van der Waals surface area contributed by atoms with Crippen molar-refractivity contribution in [1.82, 2.24) is 0 Å². The quantitative estimate of drug-likeness (QED) is 0.526. The maximum absolute atomic E-state index is 5.99. The molecule has 0 bridgehead atoms. The molecule has 0 saturated carbocycles. The molecule has 2 heteroatoms. The van der Waals surface area contributed by atoms with Crippen LogP contribution >= 0.6 is 11.6 Å². The van der Waals surface area contributed by atoms with Gasteiger partial charge < -0.3 is 0 Å². The number of rotatable bonds is 0. The van der Waals surface area contributed by atoms with Crippen LogP contribution in [0.2, 0.25) is 0 Å². The summed E-state index contributed by atoms with van der Waals surface area (Å²) in [4.78, 5) is 4.35. The first kappa shape index (κ1) is 7.11. The van der Waals surface area contributed by atoms with Gasteiger partial charge in [0.15, 0.2) is 0 Å². The standard InChI is InChI=1S/C9H10ClN/c10-8-5-6-11-9-4-2-1-3-7(8)9/h3,5-6,9H,1-2,4H2. The highest BCUT2D eigenvalue weighted by Gasteiger charge is 2.19. The fraction of sp³-hybridized carbons (Fsp3) is 0.444. The number of allylic oxidation sites excluding steroid dienone is 2. The van der Waals surface area contributed by atoms with Crippen LogP contribution in [0.25, 0.3) is 0 Å². The van der Waals surface area contributed by atoms with Crippen LogP contribution in [0.4, 0.5) is 0 Å². The second-order valence-corrected chi connectivity index (χ2v) is 3.33. The molecule has 0 fully saturated rings. The van der Waals surface area contributed by atoms with Crippen molar-refractivity contribution in [2.24, 2.45) is 4.99 Å². The minimum atomic E-state index is 0.362. The molecule has 2 aliphatic rings. The van der Waals surface area contributed by atoms with Gasteiger partial charge in [0.25, 0.3) is 0 Å². The normalized spacial score (nSPS) is 29.0. The summed E-state index contributed by atoms with van der Waals surface area (Å²) in [5, 5.41) is 0.879. The lowest BCUT2D eigenvalue weighted by Gasteiger charge is -2.22. The van der Waals surface area contributed by atoms with Gasteiger partial charge in [-0.15, -0.1) is 0 Å². The van der Waals surface area contributed by atoms with Crippen molar-refractivity contribution in [2.75, 3.05) is 0 Å². The zero-order chi connectivity index (χ0) is 7.68. The van der Waals surface area contributed by atoms with Crippen LogP contribution in [0.1, 0.15) is 19.3 Å². The zero-order valence-electron chi connectivity index (χ0n) is 6.26. The smallest absolute Gasteiger partial charge is 0.0760 e. The van der Waals surface area contributed by atoms with Gasteiger partial charge >= 0.3 is 0 Å². The van der Waals surface area contributed by atoms with Crippen LogP contribution in [0, 0.1) is 0 Å². The lowest BCUT2D eigenvalue weighted by atomic mass is 9.93. The Morgan fingerprint density at radius 3 is 3.27 bits per heavy atom. The number of fused-ring (bicyclic) bond motifs is 1. The number of aliphatic imine (C=N–C) groups is 1. The summed E-state index contributed by atoms with van der Waals surface area (Å²) in [7, 11) is 0. The Kier molecular flexibility index (Phi) is 1.82. The van der Waals surface area contributed by atoms with E-state index >= 15 is 0 Å². The Hall–Kier alpha value is -0.560. The Balaban J connectivity index is 2.34. The predicted octanol–water partition coefficient (Wildman–Crippen LogP) is 2.67. The summed E-state index contributed by atoms with van der Waals surface area (Å²) in [6.07, 6.45) is 9.46. The van der Waals surface area contributed by atoms with E-state index < -0.39 is 0 Å². The number of dihydropyridines is 1. The van der Waals surface area contributed by atoms with Gasteiger partial charge in [-0.3, -0.25) is 4.99 Å². The molecule has 11 heavy (non-hydrogen) atoms. The molecule has 2 rings (SSSR count). The van der Waals surface area contributed by atoms with Gasteiger partial charge in [0, 0.05) is 11.2 Å². The Morgan fingerprint density at radius 2 is 2.45 bits per heavy atom. The topological polar surface area (TPSA) is 12.4 Å². The Labute approximate surface area is 71.5 Å². The van der Waals surface area contributed by atoms with Gasteiger partial charge in [0.2, 0.25) is 0 Å². The van der Waals surface area contributed by atoms with E-state index in [1.807, 2.05) is 12.3 Å². The Bertz CT molecular complexity index is 250. The first-order valence-corrected chi connectivity index (χ1v) is 4.35. The van der Waals surface area contributed by atoms with Gasteiger partial charge in [0.1, 0.15) is 0 Å². The van der Waals surface area contributed by atoms with Gasteiger partial charge in [-0.1, -0.05) is 17.7 Å². The van der Waals surface area contributed by atoms with Crippen LogP contribution in [0.3, 0.4) is 0 Å². The maximum atomic E-state index is 5.99. The summed E-state index contributed by atoms with van der Waals surface area (Å²) in [6, 6.07) is 0.362. The monoisotopic (exact) mass is 167 g/mol. The van der Waals surface area contributed by atoms with E-state index in [1.165, 1.54) is 12.0 Å². The van der Waals surface area contributed by atoms with Crippen LogP contribution in [-0.2, 0) is 0 Å². The molecule has 1 atom stereocenters. The molecule has 0 spiro atoms. The highest BCUT2D eigenvalue weighted by molar-refractivity contribution is 6.33. The highest BCUT2D eigenvalue weighted by atomic mass is 35.5. The van der Waals surface area contributed by atoms with Crippen molar-refractivity contribution < 1.29 is 0 Å². The van der Waals surface area contributed by atoms with E-state index in [0.717, 1.165) is 17.9 Å². The molecule has 58 valence electrons. The van der Waals surface area contributed by atoms with Crippen molar-refractivity contribution in [2.45, 2.75) is 25.3 Å². The second-order valence-electron chi connectivity index (χ2n) is 2.92. The maximum Gasteiger partial charge on any atom is 0.0760 e. The molecule has 0 aromatic heterocycles.